The molecule has 102 valence electrons. The second-order valence-electron chi connectivity index (χ2n) is 3.91. The first-order valence-electron chi connectivity index (χ1n) is 5.91. The highest BCUT2D eigenvalue weighted by atomic mass is 32.2. The van der Waals surface area contributed by atoms with Crippen LogP contribution in [0.4, 0.5) is 5.69 Å². The van der Waals surface area contributed by atoms with Crippen molar-refractivity contribution in [2.75, 3.05) is 25.9 Å². The molecule has 0 saturated carbocycles. The fourth-order valence-corrected chi connectivity index (χ4v) is 3.41. The summed E-state index contributed by atoms with van der Waals surface area (Å²) in [4.78, 5) is 0.162. The van der Waals surface area contributed by atoms with Crippen molar-refractivity contribution < 1.29 is 13.2 Å². The van der Waals surface area contributed by atoms with Crippen molar-refractivity contribution in [1.29, 1.82) is 0 Å². The predicted octanol–water partition coefficient (Wildman–Crippen LogP) is 1.70. The highest BCUT2D eigenvalue weighted by Gasteiger charge is 2.25. The van der Waals surface area contributed by atoms with Crippen LogP contribution in [-0.4, -0.2) is 32.9 Å². The van der Waals surface area contributed by atoms with E-state index in [1.807, 2.05) is 13.8 Å². The Morgan fingerprint density at radius 2 is 2.00 bits per heavy atom. The lowest BCUT2D eigenvalue weighted by Gasteiger charge is -2.21. The molecule has 0 heterocycles. The monoisotopic (exact) mass is 272 g/mol. The Labute approximate surface area is 109 Å². The van der Waals surface area contributed by atoms with Gasteiger partial charge in [-0.05, 0) is 18.6 Å². The van der Waals surface area contributed by atoms with Crippen molar-refractivity contribution in [3.8, 4) is 5.75 Å². The molecular formula is C12H20N2O3S. The summed E-state index contributed by atoms with van der Waals surface area (Å²) in [6.07, 6.45) is 0.768. The van der Waals surface area contributed by atoms with Crippen molar-refractivity contribution in [1.82, 2.24) is 4.31 Å². The average Bonchev–Trinajstić information content (AvgIpc) is 2.35. The van der Waals surface area contributed by atoms with Crippen LogP contribution in [0.3, 0.4) is 0 Å². The van der Waals surface area contributed by atoms with Gasteiger partial charge in [0.15, 0.2) is 0 Å². The third kappa shape index (κ3) is 2.94. The number of ether oxygens (including phenoxy) is 1. The number of sulfonamides is 1. The van der Waals surface area contributed by atoms with Gasteiger partial charge in [-0.25, -0.2) is 8.42 Å². The van der Waals surface area contributed by atoms with Crippen molar-refractivity contribution in [2.45, 2.75) is 25.2 Å². The van der Waals surface area contributed by atoms with Crippen LogP contribution in [0.15, 0.2) is 23.1 Å². The Balaban J connectivity index is 3.26. The maximum atomic E-state index is 12.4. The van der Waals surface area contributed by atoms with E-state index in [0.717, 1.165) is 6.42 Å². The van der Waals surface area contributed by atoms with Crippen LogP contribution in [-0.2, 0) is 10.0 Å². The average molecular weight is 272 g/mol. The van der Waals surface area contributed by atoms with Gasteiger partial charge in [-0.1, -0.05) is 13.8 Å². The number of methoxy groups -OCH3 is 1. The van der Waals surface area contributed by atoms with Crippen LogP contribution >= 0.6 is 0 Å². The molecule has 0 spiro atoms. The molecule has 1 rings (SSSR count). The standard InChI is InChI=1S/C12H20N2O3S/c1-4-8-14(5-2)18(15,16)12-7-6-10(13)9-11(12)17-3/h6-7,9H,4-5,8,13H2,1-3H3. The largest absolute Gasteiger partial charge is 0.495 e. The Morgan fingerprint density at radius 1 is 1.33 bits per heavy atom. The van der Waals surface area contributed by atoms with Gasteiger partial charge in [-0.2, -0.15) is 4.31 Å². The topological polar surface area (TPSA) is 72.6 Å². The first-order chi connectivity index (χ1) is 8.47. The van der Waals surface area contributed by atoms with E-state index in [1.54, 1.807) is 6.07 Å². The van der Waals surface area contributed by atoms with E-state index in [1.165, 1.54) is 23.5 Å². The smallest absolute Gasteiger partial charge is 0.246 e. The van der Waals surface area contributed by atoms with Gasteiger partial charge in [0.05, 0.1) is 7.11 Å². The maximum absolute atomic E-state index is 12.4. The lowest BCUT2D eigenvalue weighted by Crippen LogP contribution is -2.31. The number of nitrogen functional groups attached to an aromatic ring is 1. The minimum Gasteiger partial charge on any atom is -0.495 e. The molecule has 0 aliphatic carbocycles. The molecule has 0 atom stereocenters. The molecule has 0 radical (unpaired) electrons. The van der Waals surface area contributed by atoms with Gasteiger partial charge in [0.2, 0.25) is 10.0 Å². The summed E-state index contributed by atoms with van der Waals surface area (Å²) < 4.78 is 31.4. The second-order valence-corrected chi connectivity index (χ2v) is 5.81. The Kier molecular flexibility index (Phi) is 4.98. The maximum Gasteiger partial charge on any atom is 0.246 e. The van der Waals surface area contributed by atoms with Gasteiger partial charge in [-0.3, -0.25) is 0 Å². The summed E-state index contributed by atoms with van der Waals surface area (Å²) in [6.45, 7) is 4.69. The van der Waals surface area contributed by atoms with E-state index in [-0.39, 0.29) is 10.6 Å². The third-order valence-corrected chi connectivity index (χ3v) is 4.64. The molecule has 0 unspecified atom stereocenters. The molecule has 0 amide bonds. The number of hydrogen-bond acceptors (Lipinski definition) is 4. The minimum absolute atomic E-state index is 0.162. The van der Waals surface area contributed by atoms with E-state index < -0.39 is 10.0 Å². The summed E-state index contributed by atoms with van der Waals surface area (Å²) in [6, 6.07) is 4.57. The highest BCUT2D eigenvalue weighted by Crippen LogP contribution is 2.28. The van der Waals surface area contributed by atoms with Gasteiger partial charge >= 0.3 is 0 Å². The summed E-state index contributed by atoms with van der Waals surface area (Å²) in [5.41, 5.74) is 6.10. The molecule has 5 nitrogen and oxygen atoms in total. The Bertz CT molecular complexity index is 500. The van der Waals surface area contributed by atoms with Crippen molar-refractivity contribution in [3.05, 3.63) is 18.2 Å². The molecule has 0 bridgehead atoms. The van der Waals surface area contributed by atoms with E-state index in [4.69, 9.17) is 10.5 Å². The Morgan fingerprint density at radius 3 is 2.50 bits per heavy atom. The normalized spacial score (nSPS) is 11.8. The predicted molar refractivity (Wildman–Crippen MR) is 72.1 cm³/mol. The van der Waals surface area contributed by atoms with Gasteiger partial charge in [0, 0.05) is 24.8 Å². The third-order valence-electron chi connectivity index (χ3n) is 2.63. The second kappa shape index (κ2) is 6.06. The lowest BCUT2D eigenvalue weighted by atomic mass is 10.3. The number of benzene rings is 1. The number of hydrogen-bond donors (Lipinski definition) is 1. The van der Waals surface area contributed by atoms with Crippen LogP contribution in [0.1, 0.15) is 20.3 Å². The van der Waals surface area contributed by atoms with E-state index in [0.29, 0.717) is 18.8 Å². The Hall–Kier alpha value is -1.27. The fraction of sp³-hybridized carbons (Fsp3) is 0.500. The van der Waals surface area contributed by atoms with Crippen LogP contribution in [0, 0.1) is 0 Å². The van der Waals surface area contributed by atoms with Crippen LogP contribution in [0.2, 0.25) is 0 Å². The number of anilines is 1. The molecule has 2 N–H and O–H groups in total. The zero-order valence-corrected chi connectivity index (χ0v) is 11.8. The SMILES string of the molecule is CCCN(CC)S(=O)(=O)c1ccc(N)cc1OC. The molecule has 1 aromatic carbocycles. The van der Waals surface area contributed by atoms with E-state index in [2.05, 4.69) is 0 Å². The zero-order valence-electron chi connectivity index (χ0n) is 11.0. The minimum atomic E-state index is -3.52. The lowest BCUT2D eigenvalue weighted by molar-refractivity contribution is 0.392. The van der Waals surface area contributed by atoms with Crippen LogP contribution in [0.5, 0.6) is 5.75 Å². The fourth-order valence-electron chi connectivity index (χ4n) is 1.73. The van der Waals surface area contributed by atoms with Crippen LogP contribution in [0.25, 0.3) is 0 Å². The molecule has 6 heteroatoms. The van der Waals surface area contributed by atoms with Crippen molar-refractivity contribution >= 4 is 15.7 Å². The van der Waals surface area contributed by atoms with Gasteiger partial charge in [-0.15, -0.1) is 0 Å². The first kappa shape index (κ1) is 14.8. The number of nitrogens with zero attached hydrogens (tertiary/aromatic N) is 1. The van der Waals surface area contributed by atoms with Gasteiger partial charge in [0.25, 0.3) is 0 Å². The van der Waals surface area contributed by atoms with Gasteiger partial charge < -0.3 is 10.5 Å². The molecule has 1 aromatic rings. The summed E-state index contributed by atoms with van der Waals surface area (Å²) in [5.74, 6) is 0.282. The summed E-state index contributed by atoms with van der Waals surface area (Å²) in [7, 11) is -2.09. The molecule has 18 heavy (non-hydrogen) atoms. The number of rotatable bonds is 6. The first-order valence-corrected chi connectivity index (χ1v) is 7.35. The van der Waals surface area contributed by atoms with Gasteiger partial charge in [0.1, 0.15) is 10.6 Å². The molecule has 0 aliphatic heterocycles. The van der Waals surface area contributed by atoms with E-state index >= 15 is 0 Å². The summed E-state index contributed by atoms with van der Waals surface area (Å²) in [5, 5.41) is 0. The molecule has 0 aliphatic rings. The molecule has 0 aromatic heterocycles. The van der Waals surface area contributed by atoms with Crippen molar-refractivity contribution in [2.24, 2.45) is 0 Å². The highest BCUT2D eigenvalue weighted by molar-refractivity contribution is 7.89. The summed E-state index contributed by atoms with van der Waals surface area (Å²) >= 11 is 0. The van der Waals surface area contributed by atoms with Crippen LogP contribution < -0.4 is 10.5 Å². The molecule has 0 fully saturated rings. The molecular weight excluding hydrogens is 252 g/mol. The van der Waals surface area contributed by atoms with E-state index in [9.17, 15) is 8.42 Å². The zero-order chi connectivity index (χ0) is 13.8. The quantitative estimate of drug-likeness (QED) is 0.800. The molecule has 0 saturated heterocycles. The number of nitrogens with two attached hydrogens (primary N) is 1. The van der Waals surface area contributed by atoms with Crippen molar-refractivity contribution in [3.63, 3.8) is 0 Å².